The Balaban J connectivity index is 1.97. The van der Waals surface area contributed by atoms with Crippen LogP contribution >= 0.6 is 23.2 Å². The number of halogens is 4. The predicted molar refractivity (Wildman–Crippen MR) is 96.5 cm³/mol. The molecule has 2 aromatic carbocycles. The highest BCUT2D eigenvalue weighted by molar-refractivity contribution is 6.33. The zero-order valence-corrected chi connectivity index (χ0v) is 15.7. The Morgan fingerprint density at radius 1 is 1.04 bits per heavy atom. The van der Waals surface area contributed by atoms with Crippen molar-refractivity contribution in [1.29, 1.82) is 0 Å². The van der Waals surface area contributed by atoms with E-state index in [-0.39, 0.29) is 15.8 Å². The topological polar surface area (TPSA) is 39.9 Å². The van der Waals surface area contributed by atoms with Gasteiger partial charge in [0.2, 0.25) is 0 Å². The second kappa shape index (κ2) is 6.85. The molecular weight excluding hydrogens is 383 g/mol. The van der Waals surface area contributed by atoms with Crippen molar-refractivity contribution < 1.29 is 13.5 Å². The van der Waals surface area contributed by atoms with E-state index in [1.165, 1.54) is 36.4 Å². The van der Waals surface area contributed by atoms with Crippen LogP contribution in [0.2, 0.25) is 10.0 Å². The Kier molecular flexibility index (Phi) is 4.90. The molecule has 0 radical (unpaired) electrons. The molecule has 0 amide bonds. The third-order valence-electron chi connectivity index (χ3n) is 3.84. The van der Waals surface area contributed by atoms with Crippen molar-refractivity contribution >= 4 is 23.2 Å². The molecule has 0 bridgehead atoms. The van der Waals surface area contributed by atoms with Crippen molar-refractivity contribution in [3.63, 3.8) is 0 Å². The first-order valence-electron chi connectivity index (χ1n) is 7.68. The number of hydrogen-bond donors (Lipinski definition) is 0. The fourth-order valence-corrected chi connectivity index (χ4v) is 3.05. The van der Waals surface area contributed by atoms with Crippen molar-refractivity contribution in [2.24, 2.45) is 7.05 Å². The highest BCUT2D eigenvalue weighted by Crippen LogP contribution is 2.33. The van der Waals surface area contributed by atoms with Gasteiger partial charge in [-0.25, -0.2) is 8.78 Å². The maximum atomic E-state index is 14.1. The van der Waals surface area contributed by atoms with Crippen LogP contribution in [0.5, 0.6) is 5.75 Å². The van der Waals surface area contributed by atoms with Crippen LogP contribution in [0.1, 0.15) is 19.7 Å². The number of rotatable bonds is 4. The monoisotopic (exact) mass is 397 g/mol. The van der Waals surface area contributed by atoms with Gasteiger partial charge in [0.25, 0.3) is 0 Å². The third kappa shape index (κ3) is 3.52. The molecule has 0 saturated carbocycles. The van der Waals surface area contributed by atoms with E-state index < -0.39 is 17.2 Å². The molecule has 0 N–H and O–H groups in total. The van der Waals surface area contributed by atoms with Gasteiger partial charge in [-0.15, -0.1) is 10.2 Å². The number of benzene rings is 2. The van der Waals surface area contributed by atoms with E-state index in [4.69, 9.17) is 27.9 Å². The number of aromatic nitrogens is 3. The Labute approximate surface area is 159 Å². The fraction of sp³-hybridized carbons (Fsp3) is 0.222. The van der Waals surface area contributed by atoms with Gasteiger partial charge >= 0.3 is 0 Å². The van der Waals surface area contributed by atoms with E-state index in [0.29, 0.717) is 17.2 Å². The van der Waals surface area contributed by atoms with Gasteiger partial charge in [-0.2, -0.15) is 0 Å². The molecule has 136 valence electrons. The second-order valence-corrected chi connectivity index (χ2v) is 7.06. The molecular formula is C18H15Cl2F2N3O. The van der Waals surface area contributed by atoms with Crippen LogP contribution in [0.3, 0.4) is 0 Å². The van der Waals surface area contributed by atoms with Gasteiger partial charge in [-0.3, -0.25) is 0 Å². The van der Waals surface area contributed by atoms with Gasteiger partial charge in [-0.05, 0) is 50.2 Å². The van der Waals surface area contributed by atoms with Gasteiger partial charge in [0.05, 0.1) is 5.02 Å². The summed E-state index contributed by atoms with van der Waals surface area (Å²) in [6.45, 7) is 3.47. The maximum absolute atomic E-state index is 14.1. The standard InChI is InChI=1S/C18H15Cl2F2N3O/c1-18(2,26-15-7-4-10(19)8-14(15)22)17-24-23-16(25(17)3)12-6-5-11(21)9-13(12)20/h4-9H,1-3H3. The van der Waals surface area contributed by atoms with E-state index in [0.717, 1.165) is 0 Å². The summed E-state index contributed by atoms with van der Waals surface area (Å²) in [6.07, 6.45) is 0. The molecule has 0 aliphatic rings. The van der Waals surface area contributed by atoms with Crippen molar-refractivity contribution in [3.8, 4) is 17.1 Å². The Bertz CT molecular complexity index is 973. The molecule has 0 aliphatic carbocycles. The average molecular weight is 398 g/mol. The number of ether oxygens (including phenoxy) is 1. The Morgan fingerprint density at radius 3 is 2.42 bits per heavy atom. The van der Waals surface area contributed by atoms with Crippen molar-refractivity contribution in [2.75, 3.05) is 0 Å². The highest BCUT2D eigenvalue weighted by Gasteiger charge is 2.31. The molecule has 0 fully saturated rings. The zero-order valence-electron chi connectivity index (χ0n) is 14.2. The summed E-state index contributed by atoms with van der Waals surface area (Å²) < 4.78 is 34.8. The normalized spacial score (nSPS) is 11.7. The van der Waals surface area contributed by atoms with E-state index in [9.17, 15) is 8.78 Å². The van der Waals surface area contributed by atoms with Crippen LogP contribution in [0.4, 0.5) is 8.78 Å². The first-order valence-corrected chi connectivity index (χ1v) is 8.44. The smallest absolute Gasteiger partial charge is 0.176 e. The maximum Gasteiger partial charge on any atom is 0.176 e. The van der Waals surface area contributed by atoms with Crippen LogP contribution < -0.4 is 4.74 Å². The van der Waals surface area contributed by atoms with E-state index in [1.807, 2.05) is 0 Å². The number of nitrogens with zero attached hydrogens (tertiary/aromatic N) is 3. The van der Waals surface area contributed by atoms with Crippen molar-refractivity contribution in [2.45, 2.75) is 19.4 Å². The lowest BCUT2D eigenvalue weighted by Gasteiger charge is -2.25. The molecule has 0 spiro atoms. The van der Waals surface area contributed by atoms with Crippen molar-refractivity contribution in [1.82, 2.24) is 14.8 Å². The fourth-order valence-electron chi connectivity index (χ4n) is 2.64. The molecule has 1 aromatic heterocycles. The van der Waals surface area contributed by atoms with Crippen LogP contribution in [0, 0.1) is 11.6 Å². The second-order valence-electron chi connectivity index (χ2n) is 6.22. The van der Waals surface area contributed by atoms with E-state index >= 15 is 0 Å². The minimum absolute atomic E-state index is 0.0452. The number of hydrogen-bond acceptors (Lipinski definition) is 3. The molecule has 4 nitrogen and oxygen atoms in total. The van der Waals surface area contributed by atoms with Gasteiger partial charge < -0.3 is 9.30 Å². The summed E-state index contributed by atoms with van der Waals surface area (Å²) in [5, 5.41) is 8.78. The zero-order chi connectivity index (χ0) is 19.1. The minimum atomic E-state index is -0.999. The summed E-state index contributed by atoms with van der Waals surface area (Å²) in [5.74, 6) is -0.0816. The molecule has 0 saturated heterocycles. The molecule has 8 heteroatoms. The average Bonchev–Trinajstić information content (AvgIpc) is 2.92. The van der Waals surface area contributed by atoms with Crippen molar-refractivity contribution in [3.05, 3.63) is 63.9 Å². The summed E-state index contributed by atoms with van der Waals surface area (Å²) in [7, 11) is 1.73. The summed E-state index contributed by atoms with van der Waals surface area (Å²) >= 11 is 11.9. The highest BCUT2D eigenvalue weighted by atomic mass is 35.5. The Hall–Kier alpha value is -2.18. The molecule has 3 rings (SSSR count). The molecule has 3 aromatic rings. The van der Waals surface area contributed by atoms with Crippen LogP contribution in [-0.2, 0) is 12.6 Å². The largest absolute Gasteiger partial charge is 0.477 e. The van der Waals surface area contributed by atoms with Gasteiger partial charge in [0.1, 0.15) is 5.82 Å². The van der Waals surface area contributed by atoms with Gasteiger partial charge in [0.15, 0.2) is 28.8 Å². The molecule has 26 heavy (non-hydrogen) atoms. The molecule has 0 atom stereocenters. The van der Waals surface area contributed by atoms with Gasteiger partial charge in [-0.1, -0.05) is 23.2 Å². The third-order valence-corrected chi connectivity index (χ3v) is 4.39. The lowest BCUT2D eigenvalue weighted by atomic mass is 10.1. The van der Waals surface area contributed by atoms with E-state index in [1.54, 1.807) is 25.5 Å². The molecule has 0 aliphatic heterocycles. The first-order chi connectivity index (χ1) is 12.2. The molecule has 1 heterocycles. The predicted octanol–water partition coefficient (Wildman–Crippen LogP) is 5.38. The van der Waals surface area contributed by atoms with Gasteiger partial charge in [0, 0.05) is 17.6 Å². The SMILES string of the molecule is Cn1c(-c2ccc(F)cc2Cl)nnc1C(C)(C)Oc1ccc(Cl)cc1F. The van der Waals surface area contributed by atoms with Crippen LogP contribution in [0.15, 0.2) is 36.4 Å². The van der Waals surface area contributed by atoms with Crippen LogP contribution in [-0.4, -0.2) is 14.8 Å². The quantitative estimate of drug-likeness (QED) is 0.592. The molecule has 0 unspecified atom stereocenters. The summed E-state index contributed by atoms with van der Waals surface area (Å²) in [4.78, 5) is 0. The van der Waals surface area contributed by atoms with E-state index in [2.05, 4.69) is 10.2 Å². The summed E-state index contributed by atoms with van der Waals surface area (Å²) in [6, 6.07) is 8.19. The first kappa shape index (κ1) is 18.6. The minimum Gasteiger partial charge on any atom is -0.477 e. The lowest BCUT2D eigenvalue weighted by Crippen LogP contribution is -2.29. The lowest BCUT2D eigenvalue weighted by molar-refractivity contribution is 0.0894. The van der Waals surface area contributed by atoms with Crippen LogP contribution in [0.25, 0.3) is 11.4 Å². The summed E-state index contributed by atoms with van der Waals surface area (Å²) in [5.41, 5.74) is -0.468. The Morgan fingerprint density at radius 2 is 1.77 bits per heavy atom.